The molecular formula is C17H17N3O3S2. The van der Waals surface area contributed by atoms with Crippen LogP contribution in [0.3, 0.4) is 0 Å². The summed E-state index contributed by atoms with van der Waals surface area (Å²) in [5.41, 5.74) is 0.685. The molecule has 130 valence electrons. The zero-order valence-electron chi connectivity index (χ0n) is 13.7. The molecule has 3 rings (SSSR count). The number of hydrogen-bond donors (Lipinski definition) is 2. The molecule has 3 aromatic rings. The van der Waals surface area contributed by atoms with Crippen LogP contribution in [0.15, 0.2) is 39.4 Å². The number of thiazole rings is 1. The Kier molecular flexibility index (Phi) is 5.30. The van der Waals surface area contributed by atoms with Crippen molar-refractivity contribution >= 4 is 39.6 Å². The van der Waals surface area contributed by atoms with Gasteiger partial charge in [-0.2, -0.15) is 0 Å². The number of carbonyl (C=O) groups excluding carboxylic acids is 2. The molecule has 25 heavy (non-hydrogen) atoms. The Bertz CT molecular complexity index is 867. The lowest BCUT2D eigenvalue weighted by Gasteiger charge is -2.15. The van der Waals surface area contributed by atoms with E-state index in [1.165, 1.54) is 29.6 Å². The van der Waals surface area contributed by atoms with Gasteiger partial charge >= 0.3 is 0 Å². The van der Waals surface area contributed by atoms with Crippen molar-refractivity contribution < 1.29 is 14.0 Å². The van der Waals surface area contributed by atoms with E-state index in [2.05, 4.69) is 15.6 Å². The first kappa shape index (κ1) is 17.4. The fraction of sp³-hybridized carbons (Fsp3) is 0.235. The maximum absolute atomic E-state index is 12.3. The quantitative estimate of drug-likeness (QED) is 0.682. The molecule has 0 aromatic carbocycles. The monoisotopic (exact) mass is 375 g/mol. The second-order valence-corrected chi connectivity index (χ2v) is 7.31. The molecule has 3 heterocycles. The van der Waals surface area contributed by atoms with Gasteiger partial charge in [0.25, 0.3) is 0 Å². The van der Waals surface area contributed by atoms with Gasteiger partial charge in [-0.05, 0) is 30.5 Å². The molecule has 0 saturated carbocycles. The Morgan fingerprint density at radius 1 is 1.28 bits per heavy atom. The van der Waals surface area contributed by atoms with Crippen LogP contribution in [0.1, 0.15) is 30.0 Å². The van der Waals surface area contributed by atoms with E-state index in [0.29, 0.717) is 16.6 Å². The lowest BCUT2D eigenvalue weighted by atomic mass is 10.1. The second kappa shape index (κ2) is 7.62. The van der Waals surface area contributed by atoms with Crippen LogP contribution in [0, 0.1) is 6.92 Å². The number of aryl methyl sites for hydroxylation is 1. The standard InChI is InChI=1S/C17H17N3O3S2/c1-10-5-6-14(23-10)13-9-25-17(19-13)20-16(22)8-12(18-11(2)21)15-4-3-7-24-15/h3-7,9,12H,8H2,1-2H3,(H,18,21)(H,19,20,22)/t12-/m1/s1. The molecule has 0 unspecified atom stereocenters. The van der Waals surface area contributed by atoms with Gasteiger partial charge in [0.2, 0.25) is 11.8 Å². The van der Waals surface area contributed by atoms with Crippen molar-refractivity contribution in [3.63, 3.8) is 0 Å². The van der Waals surface area contributed by atoms with Crippen LogP contribution in [0.5, 0.6) is 0 Å². The van der Waals surface area contributed by atoms with Gasteiger partial charge in [0, 0.05) is 17.2 Å². The van der Waals surface area contributed by atoms with Crippen molar-refractivity contribution in [1.29, 1.82) is 0 Å². The molecule has 6 nitrogen and oxygen atoms in total. The molecule has 0 aliphatic heterocycles. The van der Waals surface area contributed by atoms with E-state index < -0.39 is 0 Å². The van der Waals surface area contributed by atoms with Crippen molar-refractivity contribution in [3.05, 3.63) is 45.7 Å². The number of nitrogens with zero attached hydrogens (tertiary/aromatic N) is 1. The Morgan fingerprint density at radius 3 is 2.76 bits per heavy atom. The smallest absolute Gasteiger partial charge is 0.228 e. The summed E-state index contributed by atoms with van der Waals surface area (Å²) in [6.07, 6.45) is 0.148. The first-order chi connectivity index (χ1) is 12.0. The highest BCUT2D eigenvalue weighted by Crippen LogP contribution is 2.27. The van der Waals surface area contributed by atoms with Crippen molar-refractivity contribution in [2.45, 2.75) is 26.3 Å². The number of anilines is 1. The number of amides is 2. The Morgan fingerprint density at radius 2 is 2.12 bits per heavy atom. The molecule has 0 aliphatic carbocycles. The third-order valence-electron chi connectivity index (χ3n) is 3.40. The van der Waals surface area contributed by atoms with Crippen LogP contribution in [0.4, 0.5) is 5.13 Å². The molecule has 0 spiro atoms. The van der Waals surface area contributed by atoms with Gasteiger partial charge in [0.15, 0.2) is 10.9 Å². The van der Waals surface area contributed by atoms with Crippen LogP contribution in [-0.2, 0) is 9.59 Å². The molecule has 0 bridgehead atoms. The van der Waals surface area contributed by atoms with Crippen LogP contribution in [-0.4, -0.2) is 16.8 Å². The van der Waals surface area contributed by atoms with Gasteiger partial charge < -0.3 is 15.1 Å². The predicted molar refractivity (Wildman–Crippen MR) is 98.7 cm³/mol. The zero-order valence-corrected chi connectivity index (χ0v) is 15.4. The van der Waals surface area contributed by atoms with Crippen LogP contribution < -0.4 is 10.6 Å². The number of hydrogen-bond acceptors (Lipinski definition) is 6. The van der Waals surface area contributed by atoms with E-state index >= 15 is 0 Å². The van der Waals surface area contributed by atoms with E-state index in [4.69, 9.17) is 4.42 Å². The minimum Gasteiger partial charge on any atom is -0.460 e. The van der Waals surface area contributed by atoms with Gasteiger partial charge in [-0.25, -0.2) is 4.98 Å². The molecule has 1 atom stereocenters. The van der Waals surface area contributed by atoms with E-state index in [0.717, 1.165) is 10.6 Å². The summed E-state index contributed by atoms with van der Waals surface area (Å²) in [7, 11) is 0. The minimum absolute atomic E-state index is 0.148. The first-order valence-electron chi connectivity index (χ1n) is 7.64. The summed E-state index contributed by atoms with van der Waals surface area (Å²) in [5.74, 6) is 1.10. The molecule has 0 saturated heterocycles. The lowest BCUT2D eigenvalue weighted by Crippen LogP contribution is -2.29. The lowest BCUT2D eigenvalue weighted by molar-refractivity contribution is -0.120. The molecule has 0 radical (unpaired) electrons. The zero-order chi connectivity index (χ0) is 17.8. The molecule has 8 heteroatoms. The Hall–Kier alpha value is -2.45. The van der Waals surface area contributed by atoms with Crippen molar-refractivity contribution in [2.24, 2.45) is 0 Å². The summed E-state index contributed by atoms with van der Waals surface area (Å²) < 4.78 is 5.53. The highest BCUT2D eigenvalue weighted by atomic mass is 32.1. The number of aromatic nitrogens is 1. The average molecular weight is 375 g/mol. The predicted octanol–water partition coefficient (Wildman–Crippen LogP) is 3.98. The maximum atomic E-state index is 12.3. The molecule has 0 fully saturated rings. The molecule has 2 amide bonds. The van der Waals surface area contributed by atoms with E-state index in [1.807, 2.05) is 41.9 Å². The molecule has 0 aliphatic rings. The third-order valence-corrected chi connectivity index (χ3v) is 5.14. The first-order valence-corrected chi connectivity index (χ1v) is 9.40. The number of carbonyl (C=O) groups is 2. The molecule has 3 aromatic heterocycles. The van der Waals surface area contributed by atoms with Crippen LogP contribution in [0.25, 0.3) is 11.5 Å². The SMILES string of the molecule is CC(=O)N[C@H](CC(=O)Nc1nc(-c2ccc(C)o2)cs1)c1cccs1. The summed E-state index contributed by atoms with van der Waals surface area (Å²) in [6.45, 7) is 3.31. The topological polar surface area (TPSA) is 84.2 Å². The van der Waals surface area contributed by atoms with Crippen molar-refractivity contribution in [3.8, 4) is 11.5 Å². The summed E-state index contributed by atoms with van der Waals surface area (Å²) in [5, 5.41) is 9.85. The van der Waals surface area contributed by atoms with E-state index in [9.17, 15) is 9.59 Å². The fourth-order valence-electron chi connectivity index (χ4n) is 2.33. The van der Waals surface area contributed by atoms with Crippen molar-refractivity contribution in [1.82, 2.24) is 10.3 Å². The largest absolute Gasteiger partial charge is 0.460 e. The van der Waals surface area contributed by atoms with Gasteiger partial charge in [-0.3, -0.25) is 9.59 Å². The number of rotatable bonds is 6. The maximum Gasteiger partial charge on any atom is 0.228 e. The average Bonchev–Trinajstić information content (AvgIpc) is 3.26. The molecular weight excluding hydrogens is 358 g/mol. The van der Waals surface area contributed by atoms with E-state index in [-0.39, 0.29) is 24.3 Å². The normalized spacial score (nSPS) is 11.9. The van der Waals surface area contributed by atoms with E-state index in [1.54, 1.807) is 0 Å². The highest BCUT2D eigenvalue weighted by molar-refractivity contribution is 7.14. The number of nitrogens with one attached hydrogen (secondary N) is 2. The molecule has 2 N–H and O–H groups in total. The van der Waals surface area contributed by atoms with Crippen LogP contribution in [0.2, 0.25) is 0 Å². The Labute approximate surface area is 152 Å². The Balaban J connectivity index is 1.65. The summed E-state index contributed by atoms with van der Waals surface area (Å²) >= 11 is 2.84. The number of furan rings is 1. The second-order valence-electron chi connectivity index (χ2n) is 5.47. The fourth-order valence-corrected chi connectivity index (χ4v) is 3.82. The van der Waals surface area contributed by atoms with Crippen molar-refractivity contribution in [2.75, 3.05) is 5.32 Å². The van der Waals surface area contributed by atoms with Gasteiger partial charge in [0.1, 0.15) is 11.5 Å². The van der Waals surface area contributed by atoms with Gasteiger partial charge in [-0.15, -0.1) is 22.7 Å². The summed E-state index contributed by atoms with van der Waals surface area (Å²) in [4.78, 5) is 29.0. The third kappa shape index (κ3) is 4.55. The number of thiophene rings is 1. The van der Waals surface area contributed by atoms with Gasteiger partial charge in [-0.1, -0.05) is 6.07 Å². The minimum atomic E-state index is -0.343. The van der Waals surface area contributed by atoms with Crippen LogP contribution >= 0.6 is 22.7 Å². The highest BCUT2D eigenvalue weighted by Gasteiger charge is 2.19. The summed E-state index contributed by atoms with van der Waals surface area (Å²) in [6, 6.07) is 7.17. The van der Waals surface area contributed by atoms with Gasteiger partial charge in [0.05, 0.1) is 12.5 Å².